The molecule has 3 heterocycles. The minimum atomic E-state index is 0.0465. The molecule has 2 aromatic heterocycles. The minimum absolute atomic E-state index is 0.0465. The Bertz CT molecular complexity index is 1720. The second-order valence-corrected chi connectivity index (χ2v) is 12.1. The van der Waals surface area contributed by atoms with Crippen molar-refractivity contribution in [1.29, 1.82) is 0 Å². The average molecular weight is 523 g/mol. The Morgan fingerprint density at radius 1 is 0.675 bits per heavy atom. The Hall–Kier alpha value is -4.30. The van der Waals surface area contributed by atoms with E-state index < -0.39 is 0 Å². The number of pyridine rings is 2. The first-order valence-electron chi connectivity index (χ1n) is 14.3. The van der Waals surface area contributed by atoms with Crippen molar-refractivity contribution in [3.8, 4) is 33.6 Å². The Morgan fingerprint density at radius 2 is 1.40 bits per heavy atom. The van der Waals surface area contributed by atoms with Crippen LogP contribution in [0.5, 0.6) is 0 Å². The third kappa shape index (κ3) is 5.02. The molecule has 198 valence electrons. The first-order valence-corrected chi connectivity index (χ1v) is 14.3. The molecule has 6 rings (SSSR count). The molecule has 0 spiro atoms. The number of aryl methyl sites for hydroxylation is 3. The maximum atomic E-state index is 4.63. The van der Waals surface area contributed by atoms with Gasteiger partial charge in [0.25, 0.3) is 0 Å². The third-order valence-electron chi connectivity index (χ3n) is 8.14. The highest BCUT2D eigenvalue weighted by molar-refractivity contribution is 5.73. The van der Waals surface area contributed by atoms with Crippen molar-refractivity contribution in [1.82, 2.24) is 0 Å². The van der Waals surface area contributed by atoms with Crippen LogP contribution in [0.2, 0.25) is 0 Å². The molecule has 1 aliphatic rings. The monoisotopic (exact) mass is 522 g/mol. The van der Waals surface area contributed by atoms with Gasteiger partial charge >= 0.3 is 0 Å². The van der Waals surface area contributed by atoms with Gasteiger partial charge in [0.1, 0.15) is 0 Å². The molecular weight excluding hydrogens is 484 g/mol. The number of nitrogens with zero attached hydrogens (tertiary/aromatic N) is 2. The fourth-order valence-corrected chi connectivity index (χ4v) is 5.83. The molecule has 3 aromatic carbocycles. The van der Waals surface area contributed by atoms with Gasteiger partial charge in [0.2, 0.25) is 23.6 Å². The highest BCUT2D eigenvalue weighted by Gasteiger charge is 2.28. The van der Waals surface area contributed by atoms with Crippen LogP contribution in [-0.4, -0.2) is 0 Å². The summed E-state index contributed by atoms with van der Waals surface area (Å²) in [7, 11) is 0. The number of fused-ring (bicyclic) bond motifs is 6. The van der Waals surface area contributed by atoms with Crippen molar-refractivity contribution in [2.45, 2.75) is 52.5 Å². The second kappa shape index (κ2) is 10.4. The van der Waals surface area contributed by atoms with Crippen LogP contribution >= 0.6 is 0 Å². The summed E-state index contributed by atoms with van der Waals surface area (Å²) in [4.78, 5) is 0. The van der Waals surface area contributed by atoms with Gasteiger partial charge in [-0.2, -0.15) is 9.13 Å². The van der Waals surface area contributed by atoms with E-state index in [1.165, 1.54) is 55.9 Å². The summed E-state index contributed by atoms with van der Waals surface area (Å²) in [6, 6.07) is 35.7. The van der Waals surface area contributed by atoms with E-state index in [0.29, 0.717) is 6.54 Å². The van der Waals surface area contributed by atoms with Gasteiger partial charge in [-0.15, -0.1) is 0 Å². The largest absolute Gasteiger partial charge is 0.246 e. The predicted octanol–water partition coefficient (Wildman–Crippen LogP) is 8.14. The zero-order valence-electron chi connectivity index (χ0n) is 24.1. The summed E-state index contributed by atoms with van der Waals surface area (Å²) in [5, 5.41) is 0. The number of hydrogen-bond acceptors (Lipinski definition) is 0. The van der Waals surface area contributed by atoms with Crippen molar-refractivity contribution in [3.05, 3.63) is 138 Å². The van der Waals surface area contributed by atoms with Crippen LogP contribution < -0.4 is 9.13 Å². The summed E-state index contributed by atoms with van der Waals surface area (Å²) >= 11 is 0. The number of allylic oxidation sites excluding steroid dienone is 1. The number of hydrogen-bond donors (Lipinski definition) is 0. The molecule has 0 fully saturated rings. The number of benzene rings is 3. The lowest BCUT2D eigenvalue weighted by molar-refractivity contribution is -0.698. The van der Waals surface area contributed by atoms with E-state index in [1.54, 1.807) is 0 Å². The van der Waals surface area contributed by atoms with Gasteiger partial charge in [-0.1, -0.05) is 81.4 Å². The SMILES string of the molecule is C=C1C[n+]2ccc(C(C)(C)C)cc2-c2cc(-c3ccccc3)ccc2CCc2ccccc2-c2ccc(C)c[n+]21. The van der Waals surface area contributed by atoms with Crippen LogP contribution in [0.3, 0.4) is 0 Å². The fraction of sp³-hybridized carbons (Fsp3) is 0.211. The highest BCUT2D eigenvalue weighted by atomic mass is 15.1. The smallest absolute Gasteiger partial charge is 0.188 e. The standard InChI is InChI=1S/C38H38N2/c1-27-15-20-36-34-14-10-9-13-30(34)16-17-31-18-19-32(29-11-7-6-8-12-29)23-35(31)37-24-33(38(3,4)5)21-22-39(37)26-28(2)40(36)25-27/h6-15,18-25H,2,16-17,26H2,1,3-5H3/q+2. The second-order valence-electron chi connectivity index (χ2n) is 12.1. The molecular formula is C38H38N2+2. The van der Waals surface area contributed by atoms with Gasteiger partial charge in [-0.25, -0.2) is 0 Å². The summed E-state index contributed by atoms with van der Waals surface area (Å²) in [5.74, 6) is 0. The van der Waals surface area contributed by atoms with Crippen molar-refractivity contribution in [3.63, 3.8) is 0 Å². The van der Waals surface area contributed by atoms with Gasteiger partial charge < -0.3 is 0 Å². The zero-order valence-corrected chi connectivity index (χ0v) is 24.1. The Balaban J connectivity index is 1.61. The van der Waals surface area contributed by atoms with Crippen LogP contribution in [0, 0.1) is 6.92 Å². The maximum Gasteiger partial charge on any atom is 0.246 e. The molecule has 1 aliphatic heterocycles. The van der Waals surface area contributed by atoms with Gasteiger partial charge in [-0.05, 0) is 77.8 Å². The van der Waals surface area contributed by atoms with Gasteiger partial charge in [-0.3, -0.25) is 0 Å². The average Bonchev–Trinajstić information content (AvgIpc) is 2.96. The molecule has 0 bridgehead atoms. The summed E-state index contributed by atoms with van der Waals surface area (Å²) in [6.45, 7) is 14.4. The molecule has 0 atom stereocenters. The van der Waals surface area contributed by atoms with Crippen LogP contribution in [0.15, 0.2) is 116 Å². The molecule has 0 amide bonds. The van der Waals surface area contributed by atoms with Crippen molar-refractivity contribution in [2.75, 3.05) is 0 Å². The first kappa shape index (κ1) is 26.0. The van der Waals surface area contributed by atoms with Crippen LogP contribution in [-0.2, 0) is 24.8 Å². The summed E-state index contributed by atoms with van der Waals surface area (Å²) < 4.78 is 4.68. The predicted molar refractivity (Wildman–Crippen MR) is 166 cm³/mol. The normalized spacial score (nSPS) is 13.2. The molecule has 0 saturated carbocycles. The maximum absolute atomic E-state index is 4.63. The zero-order chi connectivity index (χ0) is 27.9. The summed E-state index contributed by atoms with van der Waals surface area (Å²) in [6.07, 6.45) is 6.42. The Labute approximate surface area is 238 Å². The van der Waals surface area contributed by atoms with E-state index in [1.807, 2.05) is 0 Å². The Morgan fingerprint density at radius 3 is 2.17 bits per heavy atom. The van der Waals surface area contributed by atoms with E-state index >= 15 is 0 Å². The van der Waals surface area contributed by atoms with Crippen LogP contribution in [0.4, 0.5) is 0 Å². The lowest BCUT2D eigenvalue weighted by atomic mass is 9.85. The molecule has 0 saturated heterocycles. The van der Waals surface area contributed by atoms with Crippen LogP contribution in [0.1, 0.15) is 43.0 Å². The van der Waals surface area contributed by atoms with Crippen molar-refractivity contribution >= 4 is 5.70 Å². The van der Waals surface area contributed by atoms with E-state index in [0.717, 1.165) is 18.5 Å². The number of aromatic nitrogens is 2. The molecule has 5 aromatic rings. The fourth-order valence-electron chi connectivity index (χ4n) is 5.83. The van der Waals surface area contributed by atoms with Gasteiger partial charge in [0.05, 0.1) is 0 Å². The topological polar surface area (TPSA) is 7.76 Å². The van der Waals surface area contributed by atoms with Crippen molar-refractivity contribution < 1.29 is 9.13 Å². The third-order valence-corrected chi connectivity index (χ3v) is 8.14. The lowest BCUT2D eigenvalue weighted by Crippen LogP contribution is -2.45. The van der Waals surface area contributed by atoms with Crippen LogP contribution in [0.25, 0.3) is 39.3 Å². The van der Waals surface area contributed by atoms with E-state index in [4.69, 9.17) is 0 Å². The summed E-state index contributed by atoms with van der Waals surface area (Å²) in [5.41, 5.74) is 13.9. The molecule has 2 heteroatoms. The lowest BCUT2D eigenvalue weighted by Gasteiger charge is -2.20. The Kier molecular flexibility index (Phi) is 6.72. The number of rotatable bonds is 1. The van der Waals surface area contributed by atoms with Gasteiger partial charge in [0.15, 0.2) is 12.4 Å². The first-order chi connectivity index (χ1) is 19.3. The molecule has 0 unspecified atom stereocenters. The molecule has 40 heavy (non-hydrogen) atoms. The van der Waals surface area contributed by atoms with E-state index in [2.05, 4.69) is 153 Å². The molecule has 0 N–H and O–H groups in total. The quantitative estimate of drug-likeness (QED) is 0.196. The molecule has 0 aliphatic carbocycles. The van der Waals surface area contributed by atoms with Gasteiger partial charge in [0, 0.05) is 34.9 Å². The minimum Gasteiger partial charge on any atom is -0.188 e. The van der Waals surface area contributed by atoms with E-state index in [9.17, 15) is 0 Å². The molecule has 0 radical (unpaired) electrons. The molecule has 2 nitrogen and oxygen atoms in total. The van der Waals surface area contributed by atoms with E-state index in [-0.39, 0.29) is 5.41 Å². The highest BCUT2D eigenvalue weighted by Crippen LogP contribution is 2.33. The van der Waals surface area contributed by atoms with Crippen molar-refractivity contribution in [2.24, 2.45) is 0 Å².